The van der Waals surface area contributed by atoms with Gasteiger partial charge in [0.1, 0.15) is 28.3 Å². The zero-order chi connectivity index (χ0) is 23.7. The summed E-state index contributed by atoms with van der Waals surface area (Å²) in [7, 11) is 0. The van der Waals surface area contributed by atoms with Crippen molar-refractivity contribution in [3.8, 4) is 6.07 Å². The van der Waals surface area contributed by atoms with Crippen molar-refractivity contribution in [3.63, 3.8) is 0 Å². The summed E-state index contributed by atoms with van der Waals surface area (Å²) in [6.07, 6.45) is 2.74. The van der Waals surface area contributed by atoms with Crippen molar-refractivity contribution >= 4 is 52.1 Å². The van der Waals surface area contributed by atoms with Gasteiger partial charge in [-0.1, -0.05) is 37.8 Å². The Morgan fingerprint density at radius 3 is 2.47 bits per heavy atom. The van der Waals surface area contributed by atoms with Gasteiger partial charge in [0.2, 0.25) is 0 Å². The first kappa shape index (κ1) is 24.0. The molecule has 0 saturated carbocycles. The highest BCUT2D eigenvalue weighted by Crippen LogP contribution is 2.37. The first-order valence-electron chi connectivity index (χ1n) is 10.5. The third-order valence-corrected chi connectivity index (χ3v) is 7.15. The summed E-state index contributed by atoms with van der Waals surface area (Å²) in [5, 5.41) is 18.8. The number of pyridine rings is 1. The summed E-state index contributed by atoms with van der Waals surface area (Å²) >= 11 is 6.25. The second kappa shape index (κ2) is 9.46. The number of aliphatic carboxylic acids is 1. The van der Waals surface area contributed by atoms with E-state index in [1.54, 1.807) is 17.6 Å². The van der Waals surface area contributed by atoms with Crippen LogP contribution in [0.2, 0.25) is 0 Å². The van der Waals surface area contributed by atoms with E-state index in [1.165, 1.54) is 0 Å². The Kier molecular flexibility index (Phi) is 7.10. The van der Waals surface area contributed by atoms with Crippen LogP contribution in [-0.2, 0) is 16.1 Å². The fourth-order valence-corrected chi connectivity index (χ4v) is 5.75. The van der Waals surface area contributed by atoms with E-state index < -0.39 is 18.4 Å². The Balaban J connectivity index is 2.23. The lowest BCUT2D eigenvalue weighted by Crippen LogP contribution is -2.42. The Morgan fingerprint density at radius 2 is 1.94 bits per heavy atom. The van der Waals surface area contributed by atoms with E-state index in [0.29, 0.717) is 35.3 Å². The van der Waals surface area contributed by atoms with Crippen molar-refractivity contribution in [1.29, 1.82) is 5.26 Å². The van der Waals surface area contributed by atoms with Crippen LogP contribution in [-0.4, -0.2) is 50.4 Å². The Morgan fingerprint density at radius 1 is 1.31 bits per heavy atom. The molecule has 2 fully saturated rings. The van der Waals surface area contributed by atoms with Crippen LogP contribution in [0, 0.1) is 30.1 Å². The van der Waals surface area contributed by atoms with Gasteiger partial charge >= 0.3 is 5.97 Å². The van der Waals surface area contributed by atoms with Gasteiger partial charge in [0.15, 0.2) is 0 Å². The second-order valence-electron chi connectivity index (χ2n) is 8.41. The number of carbonyl (C=O) groups excluding carboxylic acids is 1. The molecule has 0 aromatic carbocycles. The lowest BCUT2D eigenvalue weighted by molar-refractivity contribution is -0.140. The minimum atomic E-state index is -1.15. The van der Waals surface area contributed by atoms with Crippen molar-refractivity contribution in [1.82, 2.24) is 9.47 Å². The van der Waals surface area contributed by atoms with E-state index in [9.17, 15) is 19.6 Å². The minimum Gasteiger partial charge on any atom is -0.480 e. The summed E-state index contributed by atoms with van der Waals surface area (Å²) in [6, 6.07) is 2.02. The van der Waals surface area contributed by atoms with Gasteiger partial charge < -0.3 is 10.0 Å². The SMILES string of the molecule is CCn1c(N2CC(C)CC(C)C2)c(/C=C2/SC(=S)N(CC(=O)O)C2=O)c(C)c(C#N)c1=O. The van der Waals surface area contributed by atoms with Crippen LogP contribution >= 0.6 is 24.0 Å². The fraction of sp³-hybridized carbons (Fsp3) is 0.500. The van der Waals surface area contributed by atoms with Gasteiger partial charge in [-0.25, -0.2) is 0 Å². The van der Waals surface area contributed by atoms with Crippen LogP contribution in [0.1, 0.15) is 43.9 Å². The summed E-state index contributed by atoms with van der Waals surface area (Å²) in [5.74, 6) is -0.0905. The van der Waals surface area contributed by atoms with Gasteiger partial charge in [-0.2, -0.15) is 5.26 Å². The standard InChI is InChI=1S/C22H26N4O4S2/c1-5-25-19(24-9-12(2)6-13(3)10-24)15(14(4)16(8-23)20(25)29)7-17-21(30)26(11-18(27)28)22(31)32-17/h7,12-13H,5-6,9-11H2,1-4H3,(H,27,28)/b17-7+. The third kappa shape index (κ3) is 4.45. The number of amides is 1. The minimum absolute atomic E-state index is 0.0426. The van der Waals surface area contributed by atoms with E-state index in [2.05, 4.69) is 18.7 Å². The first-order valence-corrected chi connectivity index (χ1v) is 11.7. The number of anilines is 1. The van der Waals surface area contributed by atoms with Crippen molar-refractivity contribution in [3.05, 3.63) is 31.9 Å². The number of rotatable bonds is 5. The van der Waals surface area contributed by atoms with Gasteiger partial charge in [0, 0.05) is 25.2 Å². The molecular formula is C22H26N4O4S2. The summed E-state index contributed by atoms with van der Waals surface area (Å²) in [5.41, 5.74) is 0.830. The van der Waals surface area contributed by atoms with Crippen molar-refractivity contribution in [2.45, 2.75) is 40.7 Å². The molecule has 0 radical (unpaired) electrons. The predicted octanol–water partition coefficient (Wildman–Crippen LogP) is 2.82. The van der Waals surface area contributed by atoms with Gasteiger partial charge in [-0.3, -0.25) is 23.9 Å². The van der Waals surface area contributed by atoms with Crippen LogP contribution in [0.25, 0.3) is 6.08 Å². The Hall–Kier alpha value is -2.64. The number of piperidine rings is 1. The average molecular weight is 475 g/mol. The highest BCUT2D eigenvalue weighted by molar-refractivity contribution is 8.26. The number of carboxylic acid groups (broad SMARTS) is 1. The molecule has 2 atom stereocenters. The Bertz CT molecular complexity index is 1110. The molecule has 2 aliphatic rings. The summed E-state index contributed by atoms with van der Waals surface area (Å²) in [4.78, 5) is 40.6. The molecule has 2 aliphatic heterocycles. The number of nitriles is 1. The second-order valence-corrected chi connectivity index (χ2v) is 10.1. The van der Waals surface area contributed by atoms with Crippen molar-refractivity contribution in [2.24, 2.45) is 11.8 Å². The van der Waals surface area contributed by atoms with Crippen LogP contribution in [0.15, 0.2) is 9.70 Å². The number of thioether (sulfide) groups is 1. The van der Waals surface area contributed by atoms with E-state index in [-0.39, 0.29) is 20.3 Å². The van der Waals surface area contributed by atoms with Crippen molar-refractivity contribution < 1.29 is 14.7 Å². The van der Waals surface area contributed by atoms with E-state index in [1.807, 2.05) is 13.0 Å². The van der Waals surface area contributed by atoms with Crippen LogP contribution in [0.4, 0.5) is 5.82 Å². The number of hydrogen-bond donors (Lipinski definition) is 1. The van der Waals surface area contributed by atoms with Crippen LogP contribution in [0.3, 0.4) is 0 Å². The zero-order valence-corrected chi connectivity index (χ0v) is 20.2. The highest BCUT2D eigenvalue weighted by Gasteiger charge is 2.35. The van der Waals surface area contributed by atoms with E-state index in [4.69, 9.17) is 17.3 Å². The molecule has 0 aliphatic carbocycles. The molecule has 0 bridgehead atoms. The molecular weight excluding hydrogens is 448 g/mol. The maximum absolute atomic E-state index is 13.1. The normalized spacial score (nSPS) is 22.5. The molecule has 8 nitrogen and oxygen atoms in total. The first-order chi connectivity index (χ1) is 15.1. The number of aromatic nitrogens is 1. The third-order valence-electron chi connectivity index (χ3n) is 5.77. The molecule has 2 saturated heterocycles. The average Bonchev–Trinajstić information content (AvgIpc) is 2.96. The number of thiocarbonyl (C=S) groups is 1. The molecule has 3 rings (SSSR count). The molecule has 1 aromatic rings. The van der Waals surface area contributed by atoms with Crippen molar-refractivity contribution in [2.75, 3.05) is 24.5 Å². The maximum atomic E-state index is 13.1. The number of hydrogen-bond acceptors (Lipinski definition) is 7. The fourth-order valence-electron chi connectivity index (χ4n) is 4.52. The number of carbonyl (C=O) groups is 2. The van der Waals surface area contributed by atoms with E-state index >= 15 is 0 Å². The lowest BCUT2D eigenvalue weighted by Gasteiger charge is -2.38. The predicted molar refractivity (Wildman–Crippen MR) is 129 cm³/mol. The molecule has 170 valence electrons. The number of nitrogens with zero attached hydrogens (tertiary/aromatic N) is 4. The Labute approximate surface area is 196 Å². The molecule has 0 spiro atoms. The molecule has 3 heterocycles. The summed E-state index contributed by atoms with van der Waals surface area (Å²) < 4.78 is 1.77. The zero-order valence-electron chi connectivity index (χ0n) is 18.5. The quantitative estimate of drug-likeness (QED) is 0.513. The molecule has 32 heavy (non-hydrogen) atoms. The smallest absolute Gasteiger partial charge is 0.323 e. The maximum Gasteiger partial charge on any atom is 0.323 e. The topological polar surface area (TPSA) is 107 Å². The van der Waals surface area contributed by atoms with Gasteiger partial charge in [0.05, 0.1) is 4.91 Å². The molecule has 1 aromatic heterocycles. The van der Waals surface area contributed by atoms with Gasteiger partial charge in [-0.05, 0) is 43.7 Å². The summed E-state index contributed by atoms with van der Waals surface area (Å²) in [6.45, 7) is 9.30. The van der Waals surface area contributed by atoms with E-state index in [0.717, 1.165) is 36.2 Å². The monoisotopic (exact) mass is 474 g/mol. The molecule has 10 heteroatoms. The number of carboxylic acids is 1. The van der Waals surface area contributed by atoms with Crippen LogP contribution in [0.5, 0.6) is 0 Å². The molecule has 1 N–H and O–H groups in total. The molecule has 1 amide bonds. The van der Waals surface area contributed by atoms with Gasteiger partial charge in [-0.15, -0.1) is 0 Å². The molecule has 2 unspecified atom stereocenters. The van der Waals surface area contributed by atoms with Crippen LogP contribution < -0.4 is 10.5 Å². The van der Waals surface area contributed by atoms with Gasteiger partial charge in [0.25, 0.3) is 11.5 Å². The largest absolute Gasteiger partial charge is 0.480 e. The highest BCUT2D eigenvalue weighted by atomic mass is 32.2. The lowest BCUT2D eigenvalue weighted by atomic mass is 9.91.